The van der Waals surface area contributed by atoms with E-state index < -0.39 is 6.17 Å². The van der Waals surface area contributed by atoms with Crippen LogP contribution >= 0.6 is 11.6 Å². The Bertz CT molecular complexity index is 965. The zero-order chi connectivity index (χ0) is 21.1. The van der Waals surface area contributed by atoms with Crippen molar-refractivity contribution in [3.63, 3.8) is 0 Å². The number of amides is 1. The third-order valence-electron chi connectivity index (χ3n) is 5.84. The maximum absolute atomic E-state index is 13.5. The Kier molecular flexibility index (Phi) is 6.24. The van der Waals surface area contributed by atoms with Gasteiger partial charge in [-0.3, -0.25) is 9.48 Å². The van der Waals surface area contributed by atoms with Crippen molar-refractivity contribution < 1.29 is 9.18 Å². The molecule has 0 radical (unpaired) electrons. The summed E-state index contributed by atoms with van der Waals surface area (Å²) in [7, 11) is 0. The zero-order valence-electron chi connectivity index (χ0n) is 17.0. The quantitative estimate of drug-likeness (QED) is 0.542. The molecule has 4 rings (SSSR count). The molecule has 2 aromatic heterocycles. The molecule has 0 N–H and O–H groups in total. The summed E-state index contributed by atoms with van der Waals surface area (Å²) in [5.74, 6) is 6.49. The minimum absolute atomic E-state index is 0.128. The van der Waals surface area contributed by atoms with E-state index in [2.05, 4.69) is 26.8 Å². The van der Waals surface area contributed by atoms with Crippen LogP contribution in [0.1, 0.15) is 49.8 Å². The molecule has 2 aliphatic rings. The van der Waals surface area contributed by atoms with Gasteiger partial charge >= 0.3 is 0 Å². The van der Waals surface area contributed by atoms with E-state index >= 15 is 0 Å². The predicted octanol–water partition coefficient (Wildman–Crippen LogP) is 3.45. The van der Waals surface area contributed by atoms with Gasteiger partial charge in [-0.1, -0.05) is 23.4 Å². The fourth-order valence-corrected chi connectivity index (χ4v) is 4.21. The Labute approximate surface area is 181 Å². The third-order valence-corrected chi connectivity index (χ3v) is 6.05. The summed E-state index contributed by atoms with van der Waals surface area (Å²) in [4.78, 5) is 19.7. The number of hydrogen-bond acceptors (Lipinski definition) is 4. The minimum Gasteiger partial charge on any atom is -0.370 e. The molecule has 0 aromatic carbocycles. The van der Waals surface area contributed by atoms with Crippen molar-refractivity contribution >= 4 is 23.2 Å². The number of alkyl halides is 1. The molecule has 0 atom stereocenters. The SMILES string of the molecule is CC(=O)N1CCC(n2cc(C#Cc3cnc(Cl)cc3N3CCC(F)CC3)cn2)CC1. The van der Waals surface area contributed by atoms with Gasteiger partial charge in [0.15, 0.2) is 0 Å². The molecule has 8 heteroatoms. The average Bonchev–Trinajstić information content (AvgIpc) is 3.22. The molecular formula is C22H25ClFN5O. The van der Waals surface area contributed by atoms with Crippen LogP contribution in [0.3, 0.4) is 0 Å². The zero-order valence-corrected chi connectivity index (χ0v) is 17.8. The maximum atomic E-state index is 13.5. The van der Waals surface area contributed by atoms with Crippen molar-refractivity contribution in [3.05, 3.63) is 40.9 Å². The van der Waals surface area contributed by atoms with Gasteiger partial charge in [0, 0.05) is 51.6 Å². The second-order valence-corrected chi connectivity index (χ2v) is 8.27. The Morgan fingerprint density at radius 3 is 2.57 bits per heavy atom. The molecule has 2 aliphatic heterocycles. The molecule has 4 heterocycles. The van der Waals surface area contributed by atoms with E-state index in [9.17, 15) is 9.18 Å². The van der Waals surface area contributed by atoms with Crippen molar-refractivity contribution in [1.29, 1.82) is 0 Å². The Morgan fingerprint density at radius 2 is 1.87 bits per heavy atom. The molecule has 30 heavy (non-hydrogen) atoms. The number of piperidine rings is 2. The Morgan fingerprint density at radius 1 is 1.13 bits per heavy atom. The van der Waals surface area contributed by atoms with Gasteiger partial charge in [0.05, 0.1) is 29.1 Å². The number of carbonyl (C=O) groups is 1. The lowest BCUT2D eigenvalue weighted by molar-refractivity contribution is -0.130. The van der Waals surface area contributed by atoms with Crippen LogP contribution in [0.4, 0.5) is 10.1 Å². The molecule has 0 unspecified atom stereocenters. The first kappa shape index (κ1) is 20.7. The minimum atomic E-state index is -0.735. The molecule has 1 amide bonds. The summed E-state index contributed by atoms with van der Waals surface area (Å²) >= 11 is 6.10. The predicted molar refractivity (Wildman–Crippen MR) is 114 cm³/mol. The summed E-state index contributed by atoms with van der Waals surface area (Å²) in [5.41, 5.74) is 2.50. The van der Waals surface area contributed by atoms with Crippen molar-refractivity contribution in [2.24, 2.45) is 0 Å². The van der Waals surface area contributed by atoms with Crippen molar-refractivity contribution in [2.75, 3.05) is 31.1 Å². The summed E-state index contributed by atoms with van der Waals surface area (Å²) in [5, 5.41) is 4.88. The summed E-state index contributed by atoms with van der Waals surface area (Å²) in [6.45, 7) is 4.42. The second-order valence-electron chi connectivity index (χ2n) is 7.88. The molecule has 0 bridgehead atoms. The number of nitrogens with zero attached hydrogens (tertiary/aromatic N) is 5. The Hall–Kier alpha value is -2.59. The van der Waals surface area contributed by atoms with Crippen LogP contribution in [0.15, 0.2) is 24.7 Å². The van der Waals surface area contributed by atoms with Gasteiger partial charge in [0.1, 0.15) is 11.3 Å². The van der Waals surface area contributed by atoms with Gasteiger partial charge in [-0.2, -0.15) is 5.10 Å². The number of hydrogen-bond donors (Lipinski definition) is 0. The summed E-state index contributed by atoms with van der Waals surface area (Å²) in [6, 6.07) is 2.09. The Balaban J connectivity index is 1.48. The van der Waals surface area contributed by atoms with Crippen molar-refractivity contribution in [2.45, 2.75) is 44.8 Å². The van der Waals surface area contributed by atoms with Crippen LogP contribution in [0.25, 0.3) is 0 Å². The highest BCUT2D eigenvalue weighted by Crippen LogP contribution is 2.27. The molecule has 2 aromatic rings. The first-order valence-corrected chi connectivity index (χ1v) is 10.7. The molecule has 0 saturated carbocycles. The second kappa shape index (κ2) is 9.05. The third kappa shape index (κ3) is 4.76. The van der Waals surface area contributed by atoms with Crippen LogP contribution in [-0.4, -0.2) is 57.9 Å². The van der Waals surface area contributed by atoms with Gasteiger partial charge in [-0.25, -0.2) is 9.37 Å². The van der Waals surface area contributed by atoms with Crippen LogP contribution in [0.2, 0.25) is 5.15 Å². The number of rotatable bonds is 2. The average molecular weight is 430 g/mol. The standard InChI is InChI=1S/C22H25ClFN5O/c1-16(30)27-10-6-20(7-11-27)29-15-17(13-26-29)2-3-18-14-25-22(23)12-21(18)28-8-4-19(24)5-9-28/h12-15,19-20H,4-11H2,1H3. The van der Waals surface area contributed by atoms with Gasteiger partial charge in [-0.05, 0) is 25.7 Å². The molecular weight excluding hydrogens is 405 g/mol. The number of anilines is 1. The van der Waals surface area contributed by atoms with E-state index in [1.54, 1.807) is 25.4 Å². The molecule has 6 nitrogen and oxygen atoms in total. The normalized spacial score (nSPS) is 18.2. The van der Waals surface area contributed by atoms with E-state index in [1.807, 2.05) is 15.8 Å². The number of aromatic nitrogens is 3. The lowest BCUT2D eigenvalue weighted by Gasteiger charge is -2.31. The molecule has 0 aliphatic carbocycles. The molecule has 0 spiro atoms. The van der Waals surface area contributed by atoms with Crippen LogP contribution in [0.5, 0.6) is 0 Å². The smallest absolute Gasteiger partial charge is 0.219 e. The summed E-state index contributed by atoms with van der Waals surface area (Å²) < 4.78 is 15.5. The van der Waals surface area contributed by atoms with Crippen molar-refractivity contribution in [3.8, 4) is 11.8 Å². The lowest BCUT2D eigenvalue weighted by Crippen LogP contribution is -2.37. The fraction of sp³-hybridized carbons (Fsp3) is 0.500. The maximum Gasteiger partial charge on any atom is 0.219 e. The van der Waals surface area contributed by atoms with E-state index in [4.69, 9.17) is 11.6 Å². The highest BCUT2D eigenvalue weighted by Gasteiger charge is 2.23. The topological polar surface area (TPSA) is 54.3 Å². The first-order valence-electron chi connectivity index (χ1n) is 10.4. The van der Waals surface area contributed by atoms with Crippen LogP contribution in [0, 0.1) is 11.8 Å². The number of halogens is 2. The van der Waals surface area contributed by atoms with E-state index in [1.165, 1.54) is 0 Å². The van der Waals surface area contributed by atoms with Gasteiger partial charge in [0.25, 0.3) is 0 Å². The van der Waals surface area contributed by atoms with E-state index in [0.717, 1.165) is 42.7 Å². The fourth-order valence-electron chi connectivity index (χ4n) is 4.05. The van der Waals surface area contributed by atoms with Crippen molar-refractivity contribution in [1.82, 2.24) is 19.7 Å². The largest absolute Gasteiger partial charge is 0.370 e. The van der Waals surface area contributed by atoms with Crippen LogP contribution < -0.4 is 4.90 Å². The highest BCUT2D eigenvalue weighted by molar-refractivity contribution is 6.29. The van der Waals surface area contributed by atoms with E-state index in [-0.39, 0.29) is 11.9 Å². The van der Waals surface area contributed by atoms with E-state index in [0.29, 0.717) is 31.1 Å². The molecule has 2 fully saturated rings. The summed E-state index contributed by atoms with van der Waals surface area (Å²) in [6.07, 6.45) is 7.48. The highest BCUT2D eigenvalue weighted by atomic mass is 35.5. The van der Waals surface area contributed by atoms with Gasteiger partial charge < -0.3 is 9.80 Å². The number of likely N-dealkylation sites (tertiary alicyclic amines) is 1. The van der Waals surface area contributed by atoms with Gasteiger partial charge in [-0.15, -0.1) is 0 Å². The lowest BCUT2D eigenvalue weighted by atomic mass is 10.1. The number of pyridine rings is 1. The van der Waals surface area contributed by atoms with Crippen LogP contribution in [-0.2, 0) is 4.79 Å². The molecule has 2 saturated heterocycles. The van der Waals surface area contributed by atoms with Gasteiger partial charge in [0.2, 0.25) is 5.91 Å². The molecule has 158 valence electrons. The number of carbonyl (C=O) groups excluding carboxylic acids is 1. The first-order chi connectivity index (χ1) is 14.5. The monoisotopic (exact) mass is 429 g/mol.